The minimum atomic E-state index is -0.497. The maximum atomic E-state index is 11.0. The minimum absolute atomic E-state index is 0. The third kappa shape index (κ3) is 4.06. The number of esters is 1. The molecule has 1 atom stereocenters. The van der Waals surface area contributed by atoms with Crippen molar-refractivity contribution in [1.29, 1.82) is 0 Å². The number of carbonyl (C=O) groups is 1. The number of carbonyl (C=O) groups excluding carboxylic acids is 1. The van der Waals surface area contributed by atoms with Crippen LogP contribution in [-0.4, -0.2) is 37.3 Å². The van der Waals surface area contributed by atoms with Gasteiger partial charge in [-0.3, -0.25) is 0 Å². The van der Waals surface area contributed by atoms with Crippen LogP contribution in [-0.2, 0) is 14.3 Å². The lowest BCUT2D eigenvalue weighted by atomic mass is 9.88. The van der Waals surface area contributed by atoms with Gasteiger partial charge >= 0.3 is 5.97 Å². The van der Waals surface area contributed by atoms with Gasteiger partial charge in [-0.25, -0.2) is 4.79 Å². The van der Waals surface area contributed by atoms with Crippen molar-refractivity contribution in [2.45, 2.75) is 33.7 Å². The normalized spacial score (nSPS) is 21.7. The summed E-state index contributed by atoms with van der Waals surface area (Å²) in [5, 5.41) is 2.95. The van der Waals surface area contributed by atoms with Gasteiger partial charge in [0.15, 0.2) is 4.99 Å². The van der Waals surface area contributed by atoms with Crippen LogP contribution in [0.5, 0.6) is 0 Å². The van der Waals surface area contributed by atoms with Gasteiger partial charge < -0.3 is 14.8 Å². The largest absolute Gasteiger partial charge is 0.464 e. The van der Waals surface area contributed by atoms with Crippen molar-refractivity contribution >= 4 is 23.2 Å². The summed E-state index contributed by atoms with van der Waals surface area (Å²) < 4.78 is 9.82. The van der Waals surface area contributed by atoms with Crippen molar-refractivity contribution in [2.24, 2.45) is 5.41 Å². The van der Waals surface area contributed by atoms with Crippen LogP contribution in [0, 0.1) is 5.41 Å². The first kappa shape index (κ1) is 15.3. The Morgan fingerprint density at radius 2 is 2.12 bits per heavy atom. The Labute approximate surface area is 104 Å². The Morgan fingerprint density at radius 1 is 1.56 bits per heavy atom. The number of ether oxygens (including phenoxy) is 2. The second-order valence-corrected chi connectivity index (χ2v) is 4.43. The van der Waals surface area contributed by atoms with Gasteiger partial charge in [0.1, 0.15) is 0 Å². The molecule has 96 valence electrons. The number of hydrogen-bond donors (Lipinski definition) is 1. The third-order valence-corrected chi connectivity index (χ3v) is 2.66. The molecule has 1 fully saturated rings. The first-order valence-corrected chi connectivity index (χ1v) is 5.85. The van der Waals surface area contributed by atoms with Crippen LogP contribution in [0.25, 0.3) is 0 Å². The van der Waals surface area contributed by atoms with Gasteiger partial charge in [0, 0.05) is 6.84 Å². The zero-order valence-electron chi connectivity index (χ0n) is 10.6. The molecule has 0 bridgehead atoms. The zero-order chi connectivity index (χ0) is 12.8. The highest BCUT2D eigenvalue weighted by Gasteiger charge is 2.36. The Bertz CT molecular complexity index is 259. The standard InChI is InChI=1S/C9H15NO3S.C2H6.H2/c1-9(2)5-13-4-6(9)10-7(14)8(11)12-3;1-2;/h6H,4-5H2,1-3H3,(H,10,14);1-2H3;1H/t6-;;/m0../s1. The molecule has 0 radical (unpaired) electrons. The van der Waals surface area contributed by atoms with Crippen LogP contribution in [0.2, 0.25) is 0 Å². The molecule has 1 saturated heterocycles. The van der Waals surface area contributed by atoms with Crippen LogP contribution in [0.3, 0.4) is 0 Å². The summed E-state index contributed by atoms with van der Waals surface area (Å²) in [4.78, 5) is 11.2. The first-order chi connectivity index (χ1) is 7.47. The van der Waals surface area contributed by atoms with Gasteiger partial charge in [-0.05, 0) is 0 Å². The minimum Gasteiger partial charge on any atom is -0.464 e. The fourth-order valence-corrected chi connectivity index (χ4v) is 1.54. The molecule has 0 saturated carbocycles. The van der Waals surface area contributed by atoms with Crippen LogP contribution in [0.1, 0.15) is 29.1 Å². The monoisotopic (exact) mass is 249 g/mol. The van der Waals surface area contributed by atoms with Gasteiger partial charge in [0.25, 0.3) is 0 Å². The van der Waals surface area contributed by atoms with Crippen LogP contribution >= 0.6 is 12.2 Å². The predicted octanol–water partition coefficient (Wildman–Crippen LogP) is 1.77. The molecule has 1 heterocycles. The topological polar surface area (TPSA) is 47.6 Å². The molecule has 1 aliphatic rings. The highest BCUT2D eigenvalue weighted by Crippen LogP contribution is 2.27. The third-order valence-electron chi connectivity index (χ3n) is 2.38. The average molecular weight is 249 g/mol. The van der Waals surface area contributed by atoms with Crippen molar-refractivity contribution < 1.29 is 15.7 Å². The second-order valence-electron chi connectivity index (χ2n) is 4.02. The van der Waals surface area contributed by atoms with Gasteiger partial charge in [-0.15, -0.1) is 0 Å². The summed E-state index contributed by atoms with van der Waals surface area (Å²) in [7, 11) is 1.31. The van der Waals surface area contributed by atoms with E-state index in [1.807, 2.05) is 13.8 Å². The molecular formula is C11H23NO3S. The van der Waals surface area contributed by atoms with Crippen molar-refractivity contribution in [1.82, 2.24) is 5.32 Å². The molecule has 0 aromatic heterocycles. The number of nitrogens with one attached hydrogen (secondary N) is 1. The zero-order valence-corrected chi connectivity index (χ0v) is 11.4. The summed E-state index contributed by atoms with van der Waals surface area (Å²) in [6.07, 6.45) is 0. The van der Waals surface area contributed by atoms with E-state index in [0.717, 1.165) is 0 Å². The second kappa shape index (κ2) is 6.81. The predicted molar refractivity (Wildman–Crippen MR) is 69.6 cm³/mol. The van der Waals surface area contributed by atoms with E-state index in [-0.39, 0.29) is 17.9 Å². The van der Waals surface area contributed by atoms with E-state index < -0.39 is 5.97 Å². The van der Waals surface area contributed by atoms with Gasteiger partial charge in [-0.2, -0.15) is 0 Å². The molecule has 4 nitrogen and oxygen atoms in total. The highest BCUT2D eigenvalue weighted by molar-refractivity contribution is 7.81. The van der Waals surface area contributed by atoms with E-state index >= 15 is 0 Å². The summed E-state index contributed by atoms with van der Waals surface area (Å²) in [6.45, 7) is 9.38. The summed E-state index contributed by atoms with van der Waals surface area (Å²) in [5.41, 5.74) is -0.00190. The Balaban J connectivity index is 0. The summed E-state index contributed by atoms with van der Waals surface area (Å²) >= 11 is 4.87. The first-order valence-electron chi connectivity index (χ1n) is 5.44. The number of methoxy groups -OCH3 is 1. The van der Waals surface area contributed by atoms with Crippen LogP contribution < -0.4 is 5.32 Å². The van der Waals surface area contributed by atoms with Crippen molar-refractivity contribution in [2.75, 3.05) is 20.3 Å². The molecule has 5 heteroatoms. The maximum absolute atomic E-state index is 11.0. The molecule has 0 unspecified atom stereocenters. The molecule has 1 rings (SSSR count). The lowest BCUT2D eigenvalue weighted by Gasteiger charge is -2.25. The van der Waals surface area contributed by atoms with Crippen LogP contribution in [0.4, 0.5) is 0 Å². The van der Waals surface area contributed by atoms with Gasteiger partial charge in [-0.1, -0.05) is 39.9 Å². The molecule has 0 aromatic rings. The Hall–Kier alpha value is -0.680. The smallest absolute Gasteiger partial charge is 0.365 e. The van der Waals surface area contributed by atoms with Gasteiger partial charge in [0.2, 0.25) is 0 Å². The number of thiocarbonyl (C=S) groups is 1. The highest BCUT2D eigenvalue weighted by atomic mass is 32.1. The van der Waals surface area contributed by atoms with Crippen LogP contribution in [0.15, 0.2) is 0 Å². The van der Waals surface area contributed by atoms with Crippen molar-refractivity contribution in [3.63, 3.8) is 0 Å². The van der Waals surface area contributed by atoms with E-state index in [9.17, 15) is 4.79 Å². The quantitative estimate of drug-likeness (QED) is 0.567. The average Bonchev–Trinajstić information content (AvgIpc) is 2.60. The van der Waals surface area contributed by atoms with Crippen molar-refractivity contribution in [3.05, 3.63) is 0 Å². The molecular weight excluding hydrogens is 226 g/mol. The number of rotatable bonds is 1. The molecule has 1 aliphatic heterocycles. The molecule has 0 spiro atoms. The lowest BCUT2D eigenvalue weighted by molar-refractivity contribution is -0.132. The van der Waals surface area contributed by atoms with Crippen molar-refractivity contribution in [3.8, 4) is 0 Å². The maximum Gasteiger partial charge on any atom is 0.365 e. The Morgan fingerprint density at radius 3 is 2.50 bits per heavy atom. The van der Waals surface area contributed by atoms with E-state index in [4.69, 9.17) is 17.0 Å². The lowest BCUT2D eigenvalue weighted by Crippen LogP contribution is -2.46. The molecule has 0 amide bonds. The molecule has 0 aromatic carbocycles. The Kier molecular flexibility index (Phi) is 6.52. The fourth-order valence-electron chi connectivity index (χ4n) is 1.31. The SMILES string of the molecule is CC.COC(=O)C(=S)N[C@H]1COCC1(C)C.[HH]. The fraction of sp³-hybridized carbons (Fsp3) is 0.818. The summed E-state index contributed by atoms with van der Waals surface area (Å²) in [6, 6.07) is 0.0779. The van der Waals surface area contributed by atoms with E-state index in [0.29, 0.717) is 13.2 Å². The van der Waals surface area contributed by atoms with E-state index in [2.05, 4.69) is 23.9 Å². The van der Waals surface area contributed by atoms with Gasteiger partial charge in [0.05, 0.1) is 26.4 Å². The molecule has 0 aliphatic carbocycles. The molecule has 16 heavy (non-hydrogen) atoms. The van der Waals surface area contributed by atoms with E-state index in [1.54, 1.807) is 0 Å². The van der Waals surface area contributed by atoms with E-state index in [1.165, 1.54) is 7.11 Å². The molecule has 1 N–H and O–H groups in total. The number of hydrogen-bond acceptors (Lipinski definition) is 4. The summed E-state index contributed by atoms with van der Waals surface area (Å²) in [5.74, 6) is -0.497.